The molecule has 1 saturated heterocycles. The molecule has 1 amide bonds. The van der Waals surface area contributed by atoms with Gasteiger partial charge in [0.25, 0.3) is 5.91 Å². The average Bonchev–Trinajstić information content (AvgIpc) is 2.93. The number of aryl methyl sites for hydroxylation is 1. The minimum absolute atomic E-state index is 0.117. The van der Waals surface area contributed by atoms with E-state index in [1.54, 1.807) is 0 Å². The molecule has 0 unspecified atom stereocenters. The lowest BCUT2D eigenvalue weighted by molar-refractivity contribution is 0.0662. The van der Waals surface area contributed by atoms with Crippen LogP contribution in [0, 0.1) is 6.92 Å². The van der Waals surface area contributed by atoms with Crippen molar-refractivity contribution < 1.29 is 4.79 Å². The molecule has 0 aliphatic carbocycles. The third kappa shape index (κ3) is 3.08. The molecule has 24 heavy (non-hydrogen) atoms. The third-order valence-electron chi connectivity index (χ3n) is 4.65. The van der Waals surface area contributed by atoms with E-state index in [-0.39, 0.29) is 11.8 Å². The highest BCUT2D eigenvalue weighted by Gasteiger charge is 2.29. The number of benzene rings is 1. The molecule has 2 aromatic rings. The maximum Gasteiger partial charge on any atom is 0.257 e. The summed E-state index contributed by atoms with van der Waals surface area (Å²) in [6, 6.07) is 10.0. The fourth-order valence-electron chi connectivity index (χ4n) is 3.28. The van der Waals surface area contributed by atoms with Crippen molar-refractivity contribution in [2.75, 3.05) is 33.2 Å². The molecule has 0 saturated carbocycles. The highest BCUT2D eigenvalue weighted by atomic mass is 16.2. The molecule has 0 radical (unpaired) electrons. The van der Waals surface area contributed by atoms with Crippen LogP contribution in [0.4, 0.5) is 0 Å². The minimum Gasteiger partial charge on any atom is -0.336 e. The van der Waals surface area contributed by atoms with Gasteiger partial charge < -0.3 is 9.80 Å². The molecular formula is C19H26N4O. The molecule has 0 bridgehead atoms. The normalized spacial score (nSPS) is 16.0. The van der Waals surface area contributed by atoms with Crippen molar-refractivity contribution in [2.45, 2.75) is 26.7 Å². The van der Waals surface area contributed by atoms with E-state index in [1.807, 2.05) is 46.8 Å². The van der Waals surface area contributed by atoms with E-state index in [4.69, 9.17) is 5.10 Å². The van der Waals surface area contributed by atoms with E-state index in [9.17, 15) is 4.79 Å². The van der Waals surface area contributed by atoms with E-state index < -0.39 is 0 Å². The van der Waals surface area contributed by atoms with Gasteiger partial charge in [-0.1, -0.05) is 32.0 Å². The minimum atomic E-state index is 0.117. The van der Waals surface area contributed by atoms with Gasteiger partial charge in [0.1, 0.15) is 0 Å². The summed E-state index contributed by atoms with van der Waals surface area (Å²) in [5, 5.41) is 4.69. The molecule has 1 fully saturated rings. The standard InChI is InChI=1S/C19H26N4O/c1-14(2)18-17(19(24)22-12-10-21(4)11-13-22)15(3)20-23(18)16-8-6-5-7-9-16/h5-9,14H,10-13H2,1-4H3. The summed E-state index contributed by atoms with van der Waals surface area (Å²) in [5.74, 6) is 0.337. The van der Waals surface area contributed by atoms with E-state index in [2.05, 4.69) is 25.8 Å². The summed E-state index contributed by atoms with van der Waals surface area (Å²) in [6.45, 7) is 9.59. The highest BCUT2D eigenvalue weighted by molar-refractivity contribution is 5.97. The molecule has 0 atom stereocenters. The van der Waals surface area contributed by atoms with Crippen molar-refractivity contribution in [1.29, 1.82) is 0 Å². The van der Waals surface area contributed by atoms with Crippen LogP contribution >= 0.6 is 0 Å². The van der Waals surface area contributed by atoms with E-state index in [0.717, 1.165) is 48.8 Å². The van der Waals surface area contributed by atoms with Gasteiger partial charge in [0.2, 0.25) is 0 Å². The Labute approximate surface area is 143 Å². The van der Waals surface area contributed by atoms with Crippen LogP contribution in [-0.2, 0) is 0 Å². The van der Waals surface area contributed by atoms with Crippen molar-refractivity contribution in [3.8, 4) is 5.69 Å². The quantitative estimate of drug-likeness (QED) is 0.871. The van der Waals surface area contributed by atoms with Crippen molar-refractivity contribution in [1.82, 2.24) is 19.6 Å². The monoisotopic (exact) mass is 326 g/mol. The summed E-state index contributed by atoms with van der Waals surface area (Å²) in [6.07, 6.45) is 0. The number of rotatable bonds is 3. The summed E-state index contributed by atoms with van der Waals surface area (Å²) in [7, 11) is 2.10. The molecule has 1 aliphatic rings. The molecule has 1 aromatic carbocycles. The van der Waals surface area contributed by atoms with Gasteiger partial charge in [-0.15, -0.1) is 0 Å². The zero-order valence-electron chi connectivity index (χ0n) is 15.0. The third-order valence-corrected chi connectivity index (χ3v) is 4.65. The maximum absolute atomic E-state index is 13.2. The van der Waals surface area contributed by atoms with Gasteiger partial charge in [-0.25, -0.2) is 4.68 Å². The highest BCUT2D eigenvalue weighted by Crippen LogP contribution is 2.27. The molecule has 128 valence electrons. The lowest BCUT2D eigenvalue weighted by atomic mass is 10.0. The van der Waals surface area contributed by atoms with Gasteiger partial charge in [0.15, 0.2) is 0 Å². The van der Waals surface area contributed by atoms with E-state index in [0.29, 0.717) is 0 Å². The number of hydrogen-bond acceptors (Lipinski definition) is 3. The smallest absolute Gasteiger partial charge is 0.257 e. The van der Waals surface area contributed by atoms with Crippen LogP contribution in [0.5, 0.6) is 0 Å². The molecule has 2 heterocycles. The Kier molecular flexibility index (Phi) is 4.71. The van der Waals surface area contributed by atoms with Crippen LogP contribution in [0.1, 0.15) is 41.5 Å². The van der Waals surface area contributed by atoms with Crippen LogP contribution < -0.4 is 0 Å². The Bertz CT molecular complexity index is 712. The Hall–Kier alpha value is -2.14. The van der Waals surface area contributed by atoms with Crippen molar-refractivity contribution in [3.63, 3.8) is 0 Å². The van der Waals surface area contributed by atoms with Gasteiger partial charge in [-0.2, -0.15) is 5.10 Å². The number of nitrogens with zero attached hydrogens (tertiary/aromatic N) is 4. The van der Waals surface area contributed by atoms with Crippen LogP contribution in [0.25, 0.3) is 5.69 Å². The second-order valence-corrected chi connectivity index (χ2v) is 6.84. The molecule has 5 heteroatoms. The fourth-order valence-corrected chi connectivity index (χ4v) is 3.28. The van der Waals surface area contributed by atoms with Gasteiger partial charge in [-0.05, 0) is 32.0 Å². The van der Waals surface area contributed by atoms with Crippen molar-refractivity contribution >= 4 is 5.91 Å². The van der Waals surface area contributed by atoms with Gasteiger partial charge in [0.05, 0.1) is 22.6 Å². The Morgan fingerprint density at radius 3 is 2.29 bits per heavy atom. The number of carbonyl (C=O) groups is 1. The molecule has 1 aliphatic heterocycles. The van der Waals surface area contributed by atoms with Crippen LogP contribution in [0.15, 0.2) is 30.3 Å². The first kappa shape index (κ1) is 16.7. The van der Waals surface area contributed by atoms with Crippen LogP contribution in [0.2, 0.25) is 0 Å². The van der Waals surface area contributed by atoms with Crippen molar-refractivity contribution in [2.24, 2.45) is 0 Å². The SMILES string of the molecule is Cc1nn(-c2ccccc2)c(C(C)C)c1C(=O)N1CCN(C)CC1. The Morgan fingerprint density at radius 1 is 1.08 bits per heavy atom. The Morgan fingerprint density at radius 2 is 1.71 bits per heavy atom. The number of amides is 1. The number of hydrogen-bond donors (Lipinski definition) is 0. The fraction of sp³-hybridized carbons (Fsp3) is 0.474. The number of para-hydroxylation sites is 1. The maximum atomic E-state index is 13.2. The second-order valence-electron chi connectivity index (χ2n) is 6.84. The molecular weight excluding hydrogens is 300 g/mol. The topological polar surface area (TPSA) is 41.4 Å². The first-order valence-electron chi connectivity index (χ1n) is 8.61. The average molecular weight is 326 g/mol. The largest absolute Gasteiger partial charge is 0.336 e. The summed E-state index contributed by atoms with van der Waals surface area (Å²) >= 11 is 0. The molecule has 0 N–H and O–H groups in total. The first-order chi connectivity index (χ1) is 11.5. The van der Waals surface area contributed by atoms with Gasteiger partial charge in [-0.3, -0.25) is 4.79 Å². The van der Waals surface area contributed by atoms with Crippen LogP contribution in [0.3, 0.4) is 0 Å². The number of aromatic nitrogens is 2. The van der Waals surface area contributed by atoms with E-state index in [1.165, 1.54) is 0 Å². The molecule has 0 spiro atoms. The zero-order valence-corrected chi connectivity index (χ0v) is 15.0. The van der Waals surface area contributed by atoms with E-state index >= 15 is 0 Å². The second kappa shape index (κ2) is 6.77. The predicted octanol–water partition coefficient (Wildman–Crippen LogP) is 2.69. The van der Waals surface area contributed by atoms with Crippen LogP contribution in [-0.4, -0.2) is 58.7 Å². The summed E-state index contributed by atoms with van der Waals surface area (Å²) in [5.41, 5.74) is 3.59. The Balaban J connectivity index is 2.02. The van der Waals surface area contributed by atoms with Gasteiger partial charge >= 0.3 is 0 Å². The number of likely N-dealkylation sites (N-methyl/N-ethyl adjacent to an activating group) is 1. The summed E-state index contributed by atoms with van der Waals surface area (Å²) in [4.78, 5) is 17.4. The van der Waals surface area contributed by atoms with Gasteiger partial charge in [0, 0.05) is 26.2 Å². The lowest BCUT2D eigenvalue weighted by Crippen LogP contribution is -2.47. The lowest BCUT2D eigenvalue weighted by Gasteiger charge is -2.32. The molecule has 3 rings (SSSR count). The number of piperazine rings is 1. The predicted molar refractivity (Wildman–Crippen MR) is 95.8 cm³/mol. The molecule has 1 aromatic heterocycles. The molecule has 5 nitrogen and oxygen atoms in total. The number of carbonyl (C=O) groups excluding carboxylic acids is 1. The first-order valence-corrected chi connectivity index (χ1v) is 8.61. The zero-order chi connectivity index (χ0) is 17.3. The summed E-state index contributed by atoms with van der Waals surface area (Å²) < 4.78 is 1.93. The van der Waals surface area contributed by atoms with Crippen molar-refractivity contribution in [3.05, 3.63) is 47.3 Å².